The topological polar surface area (TPSA) is 58.5 Å². The summed E-state index contributed by atoms with van der Waals surface area (Å²) in [4.78, 5) is 2.76. The maximum atomic E-state index is 12.4. The normalized spacial score (nSPS) is 35.0. The molecule has 4 unspecified atom stereocenters. The van der Waals surface area contributed by atoms with Crippen molar-refractivity contribution in [1.82, 2.24) is 4.83 Å². The third-order valence-electron chi connectivity index (χ3n) is 5.66. The molecule has 1 N–H and O–H groups in total. The fourth-order valence-corrected chi connectivity index (χ4v) is 5.57. The van der Waals surface area contributed by atoms with Crippen LogP contribution in [0, 0.1) is 30.6 Å². The van der Waals surface area contributed by atoms with Crippen molar-refractivity contribution < 1.29 is 8.42 Å². The van der Waals surface area contributed by atoms with Gasteiger partial charge in [-0.3, -0.25) is 0 Å². The molecule has 5 heteroatoms. The molecule has 1 aromatic carbocycles. The highest BCUT2D eigenvalue weighted by molar-refractivity contribution is 7.89. The van der Waals surface area contributed by atoms with Gasteiger partial charge in [0.2, 0.25) is 0 Å². The van der Waals surface area contributed by atoms with Gasteiger partial charge in [0, 0.05) is 11.6 Å². The van der Waals surface area contributed by atoms with E-state index >= 15 is 0 Å². The van der Waals surface area contributed by atoms with Gasteiger partial charge in [-0.2, -0.15) is 13.5 Å². The van der Waals surface area contributed by atoms with Gasteiger partial charge in [0.05, 0.1) is 4.90 Å². The van der Waals surface area contributed by atoms with Crippen molar-refractivity contribution >= 4 is 15.7 Å². The molecule has 0 aliphatic heterocycles. The molecule has 3 saturated carbocycles. The Labute approximate surface area is 132 Å². The minimum Gasteiger partial charge on any atom is -0.200 e. The predicted molar refractivity (Wildman–Crippen MR) is 86.0 cm³/mol. The summed E-state index contributed by atoms with van der Waals surface area (Å²) in [5, 5.41) is 4.35. The fraction of sp³-hybridized carbons (Fsp3) is 0.588. The molecule has 0 saturated heterocycles. The molecule has 0 radical (unpaired) electrons. The minimum atomic E-state index is -3.55. The Hall–Kier alpha value is -1.36. The molecular weight excluding hydrogens is 296 g/mol. The van der Waals surface area contributed by atoms with E-state index in [-0.39, 0.29) is 4.90 Å². The van der Waals surface area contributed by atoms with Crippen molar-refractivity contribution in [2.24, 2.45) is 28.8 Å². The van der Waals surface area contributed by atoms with Crippen LogP contribution in [0.1, 0.15) is 37.7 Å². The average Bonchev–Trinajstić information content (AvgIpc) is 2.70. The lowest BCUT2D eigenvalue weighted by atomic mass is 9.71. The molecule has 0 heterocycles. The van der Waals surface area contributed by atoms with E-state index in [2.05, 4.69) is 9.93 Å². The van der Waals surface area contributed by atoms with Gasteiger partial charge >= 0.3 is 0 Å². The molecule has 3 aliphatic carbocycles. The summed E-state index contributed by atoms with van der Waals surface area (Å²) in [5.41, 5.74) is 2.14. The van der Waals surface area contributed by atoms with Gasteiger partial charge in [0.1, 0.15) is 0 Å². The van der Waals surface area contributed by atoms with E-state index in [1.54, 1.807) is 12.1 Å². The zero-order valence-electron chi connectivity index (χ0n) is 12.8. The third kappa shape index (κ3) is 2.45. The van der Waals surface area contributed by atoms with Crippen molar-refractivity contribution in [1.29, 1.82) is 0 Å². The molecule has 118 valence electrons. The molecule has 0 amide bonds. The van der Waals surface area contributed by atoms with E-state index in [1.807, 2.05) is 19.1 Å². The Balaban J connectivity index is 1.55. The zero-order valence-corrected chi connectivity index (χ0v) is 13.6. The number of nitrogens with zero attached hydrogens (tertiary/aromatic N) is 1. The molecule has 22 heavy (non-hydrogen) atoms. The number of rotatable bonds is 3. The van der Waals surface area contributed by atoms with Gasteiger partial charge in [-0.15, -0.1) is 0 Å². The quantitative estimate of drug-likeness (QED) is 0.871. The molecule has 3 fully saturated rings. The standard InChI is InChI=1S/C17H22N2O2S/c1-11-2-4-15(5-3-11)22(20,21)19-18-17-10-13-6-12-7-14(8-13)16(17)9-12/h2-5,12-14,16,19H,6-10H2,1H3/b18-17+. The lowest BCUT2D eigenvalue weighted by molar-refractivity contribution is 0.242. The van der Waals surface area contributed by atoms with E-state index in [0.29, 0.717) is 5.92 Å². The van der Waals surface area contributed by atoms with Crippen molar-refractivity contribution in [3.8, 4) is 0 Å². The van der Waals surface area contributed by atoms with Gasteiger partial charge in [0.25, 0.3) is 10.0 Å². The van der Waals surface area contributed by atoms with Crippen LogP contribution in [0.3, 0.4) is 0 Å². The number of aryl methyl sites for hydroxylation is 1. The van der Waals surface area contributed by atoms with Crippen LogP contribution in [-0.2, 0) is 10.0 Å². The molecule has 4 atom stereocenters. The van der Waals surface area contributed by atoms with Crippen molar-refractivity contribution in [3.05, 3.63) is 29.8 Å². The molecule has 3 aliphatic rings. The van der Waals surface area contributed by atoms with E-state index in [1.165, 1.54) is 25.7 Å². The summed E-state index contributed by atoms with van der Waals surface area (Å²) in [5.74, 6) is 2.85. The Morgan fingerprint density at radius 1 is 1.05 bits per heavy atom. The van der Waals surface area contributed by atoms with Crippen LogP contribution in [0.25, 0.3) is 0 Å². The highest BCUT2D eigenvalue weighted by atomic mass is 32.2. The maximum Gasteiger partial charge on any atom is 0.276 e. The van der Waals surface area contributed by atoms with Crippen molar-refractivity contribution in [2.45, 2.75) is 43.9 Å². The first-order valence-corrected chi connectivity index (χ1v) is 9.64. The highest BCUT2D eigenvalue weighted by Crippen LogP contribution is 2.53. The number of hydrogen-bond acceptors (Lipinski definition) is 3. The molecule has 4 rings (SSSR count). The first-order valence-electron chi connectivity index (χ1n) is 8.16. The Morgan fingerprint density at radius 3 is 2.55 bits per heavy atom. The molecule has 3 bridgehead atoms. The fourth-order valence-electron chi connectivity index (χ4n) is 4.73. The van der Waals surface area contributed by atoms with Crippen molar-refractivity contribution in [2.75, 3.05) is 0 Å². The number of benzene rings is 1. The van der Waals surface area contributed by atoms with E-state index in [4.69, 9.17) is 0 Å². The van der Waals surface area contributed by atoms with Gasteiger partial charge < -0.3 is 0 Å². The largest absolute Gasteiger partial charge is 0.276 e. The maximum absolute atomic E-state index is 12.4. The zero-order chi connectivity index (χ0) is 15.3. The Bertz CT molecular complexity index is 707. The van der Waals surface area contributed by atoms with Crippen molar-refractivity contribution in [3.63, 3.8) is 0 Å². The first kappa shape index (κ1) is 14.2. The van der Waals surface area contributed by atoms with Crippen LogP contribution in [-0.4, -0.2) is 14.1 Å². The average molecular weight is 318 g/mol. The summed E-state index contributed by atoms with van der Waals surface area (Å²) >= 11 is 0. The Kier molecular flexibility index (Phi) is 3.29. The van der Waals surface area contributed by atoms with Crippen LogP contribution in [0.15, 0.2) is 34.3 Å². The van der Waals surface area contributed by atoms with Gasteiger partial charge in [0.15, 0.2) is 0 Å². The van der Waals surface area contributed by atoms with Crippen LogP contribution < -0.4 is 4.83 Å². The number of hydrogen-bond donors (Lipinski definition) is 1. The van der Waals surface area contributed by atoms with Crippen LogP contribution in [0.5, 0.6) is 0 Å². The van der Waals surface area contributed by atoms with Crippen LogP contribution >= 0.6 is 0 Å². The minimum absolute atomic E-state index is 0.283. The molecular formula is C17H22N2O2S. The summed E-state index contributed by atoms with van der Waals surface area (Å²) in [7, 11) is -3.55. The SMILES string of the molecule is Cc1ccc(S(=O)(=O)N/N=C2\CC3CC4CC(C3)C2C4)cc1. The number of fused-ring (bicyclic) bond motifs is 2. The lowest BCUT2D eigenvalue weighted by Gasteiger charge is -2.34. The molecule has 4 nitrogen and oxygen atoms in total. The van der Waals surface area contributed by atoms with Gasteiger partial charge in [-0.05, 0) is 68.9 Å². The second kappa shape index (κ2) is 5.08. The van der Waals surface area contributed by atoms with Crippen LogP contribution in [0.4, 0.5) is 0 Å². The van der Waals surface area contributed by atoms with Gasteiger partial charge in [-0.1, -0.05) is 17.7 Å². The summed E-state index contributed by atoms with van der Waals surface area (Å²) < 4.78 is 24.7. The lowest BCUT2D eigenvalue weighted by Crippen LogP contribution is -2.32. The summed E-state index contributed by atoms with van der Waals surface area (Å²) in [6, 6.07) is 6.89. The third-order valence-corrected chi connectivity index (χ3v) is 6.89. The smallest absolute Gasteiger partial charge is 0.200 e. The molecule has 0 aromatic heterocycles. The van der Waals surface area contributed by atoms with Gasteiger partial charge in [-0.25, -0.2) is 4.83 Å². The van der Waals surface area contributed by atoms with E-state index in [0.717, 1.165) is 35.4 Å². The van der Waals surface area contributed by atoms with Crippen LogP contribution in [0.2, 0.25) is 0 Å². The number of hydrazone groups is 1. The number of nitrogens with one attached hydrogen (secondary N) is 1. The molecule has 1 aromatic rings. The van der Waals surface area contributed by atoms with E-state index < -0.39 is 10.0 Å². The number of sulfonamides is 1. The molecule has 0 spiro atoms. The highest BCUT2D eigenvalue weighted by Gasteiger charge is 2.47. The van der Waals surface area contributed by atoms with E-state index in [9.17, 15) is 8.42 Å². The first-order chi connectivity index (χ1) is 10.5. The second-order valence-electron chi connectivity index (χ2n) is 7.26. The summed E-state index contributed by atoms with van der Waals surface area (Å²) in [6.07, 6.45) is 6.16. The second-order valence-corrected chi connectivity index (χ2v) is 8.92. The Morgan fingerprint density at radius 2 is 1.77 bits per heavy atom. The summed E-state index contributed by atoms with van der Waals surface area (Å²) in [6.45, 7) is 1.94. The monoisotopic (exact) mass is 318 g/mol. The predicted octanol–water partition coefficient (Wildman–Crippen LogP) is 3.09.